The summed E-state index contributed by atoms with van der Waals surface area (Å²) in [6.07, 6.45) is 9.31. The lowest BCUT2D eigenvalue weighted by Crippen LogP contribution is -2.30. The van der Waals surface area contributed by atoms with Crippen molar-refractivity contribution in [2.45, 2.75) is 71.4 Å². The molecular weight excluding hydrogens is 304 g/mol. The van der Waals surface area contributed by atoms with Crippen LogP contribution in [0.4, 0.5) is 0 Å². The van der Waals surface area contributed by atoms with Gasteiger partial charge in [-0.3, -0.25) is 16.0 Å². The van der Waals surface area contributed by atoms with Crippen LogP contribution in [0.1, 0.15) is 77.1 Å². The zero-order valence-electron chi connectivity index (χ0n) is 12.3. The smallest absolute Gasteiger partial charge is 0.0712 e. The van der Waals surface area contributed by atoms with Crippen LogP contribution in [0, 0.1) is 0 Å². The molecule has 5 heteroatoms. The Labute approximate surface area is 125 Å². The third-order valence-electron chi connectivity index (χ3n) is 3.40. The van der Waals surface area contributed by atoms with Crippen LogP contribution in [0.3, 0.4) is 0 Å². The van der Waals surface area contributed by atoms with Gasteiger partial charge in [-0.25, -0.2) is 0 Å². The van der Waals surface area contributed by atoms with Gasteiger partial charge in [-0.05, 0) is 36.2 Å². The van der Waals surface area contributed by atoms with Crippen molar-refractivity contribution in [1.29, 1.82) is 0 Å². The van der Waals surface area contributed by atoms with Crippen LogP contribution in [0.25, 0.3) is 0 Å². The van der Waals surface area contributed by atoms with E-state index in [0.717, 1.165) is 16.6 Å². The monoisotopic (exact) mass is 330 g/mol. The summed E-state index contributed by atoms with van der Waals surface area (Å²) in [7, 11) is 0. The van der Waals surface area contributed by atoms with Crippen LogP contribution in [0.15, 0.2) is 10.7 Å². The molecule has 1 atom stereocenters. The Morgan fingerprint density at radius 2 is 2.00 bits per heavy atom. The first kappa shape index (κ1) is 16.7. The summed E-state index contributed by atoms with van der Waals surface area (Å²) in [6.45, 7) is 6.51. The first-order valence-electron chi connectivity index (χ1n) is 7.30. The van der Waals surface area contributed by atoms with E-state index < -0.39 is 0 Å². The fourth-order valence-corrected chi connectivity index (χ4v) is 2.89. The highest BCUT2D eigenvalue weighted by Crippen LogP contribution is 2.28. The number of hydrazine groups is 1. The highest BCUT2D eigenvalue weighted by atomic mass is 79.9. The molecular formula is C14H27BrN4. The van der Waals surface area contributed by atoms with Gasteiger partial charge in [-0.15, -0.1) is 0 Å². The summed E-state index contributed by atoms with van der Waals surface area (Å²) in [6, 6.07) is 0.512. The van der Waals surface area contributed by atoms with Gasteiger partial charge in [0.2, 0.25) is 0 Å². The summed E-state index contributed by atoms with van der Waals surface area (Å²) in [5, 5.41) is 4.42. The molecule has 0 aliphatic carbocycles. The maximum atomic E-state index is 5.73. The van der Waals surface area contributed by atoms with Crippen molar-refractivity contribution >= 4 is 15.9 Å². The maximum Gasteiger partial charge on any atom is 0.0712 e. The molecule has 1 unspecified atom stereocenters. The van der Waals surface area contributed by atoms with Gasteiger partial charge in [-0.2, -0.15) is 5.10 Å². The quantitative estimate of drug-likeness (QED) is 0.407. The summed E-state index contributed by atoms with van der Waals surface area (Å²) < 4.78 is 3.08. The van der Waals surface area contributed by atoms with E-state index in [4.69, 9.17) is 5.84 Å². The molecule has 1 heterocycles. The molecule has 1 rings (SSSR count). The Kier molecular flexibility index (Phi) is 7.64. The van der Waals surface area contributed by atoms with Gasteiger partial charge in [0.15, 0.2) is 0 Å². The van der Waals surface area contributed by atoms with Gasteiger partial charge in [-0.1, -0.05) is 39.0 Å². The second-order valence-electron chi connectivity index (χ2n) is 5.34. The number of unbranched alkanes of at least 4 members (excludes halogenated alkanes) is 4. The van der Waals surface area contributed by atoms with E-state index in [1.807, 2.05) is 10.9 Å². The van der Waals surface area contributed by atoms with E-state index >= 15 is 0 Å². The van der Waals surface area contributed by atoms with Crippen molar-refractivity contribution in [3.05, 3.63) is 16.4 Å². The van der Waals surface area contributed by atoms with Gasteiger partial charge < -0.3 is 0 Å². The average Bonchev–Trinajstić information content (AvgIpc) is 2.76. The van der Waals surface area contributed by atoms with Crippen molar-refractivity contribution in [3.8, 4) is 0 Å². The molecule has 0 aliphatic heterocycles. The topological polar surface area (TPSA) is 55.9 Å². The van der Waals surface area contributed by atoms with Gasteiger partial charge in [0.05, 0.1) is 22.4 Å². The number of nitrogens with one attached hydrogen (secondary N) is 1. The van der Waals surface area contributed by atoms with E-state index in [2.05, 4.69) is 47.2 Å². The lowest BCUT2D eigenvalue weighted by Gasteiger charge is -2.20. The third-order valence-corrected chi connectivity index (χ3v) is 4.01. The summed E-state index contributed by atoms with van der Waals surface area (Å²) in [4.78, 5) is 0. The SMILES string of the molecule is CCCCCCCC(NN)c1c(Br)cnn1C(C)C. The fraction of sp³-hybridized carbons (Fsp3) is 0.786. The molecule has 3 N–H and O–H groups in total. The molecule has 0 bridgehead atoms. The van der Waals surface area contributed by atoms with Gasteiger partial charge in [0.25, 0.3) is 0 Å². The van der Waals surface area contributed by atoms with Crippen molar-refractivity contribution in [2.24, 2.45) is 5.84 Å². The minimum Gasteiger partial charge on any atom is -0.271 e. The molecule has 0 aliphatic rings. The Bertz CT molecular complexity index is 362. The largest absolute Gasteiger partial charge is 0.271 e. The van der Waals surface area contributed by atoms with E-state index in [1.165, 1.54) is 32.1 Å². The number of aromatic nitrogens is 2. The number of nitrogens with two attached hydrogens (primary N) is 1. The summed E-state index contributed by atoms with van der Waals surface area (Å²) in [5.74, 6) is 5.73. The Morgan fingerprint density at radius 3 is 2.58 bits per heavy atom. The standard InChI is InChI=1S/C14H27BrN4/c1-4-5-6-7-8-9-13(18-16)14-12(15)10-17-19(14)11(2)3/h10-11,13,18H,4-9,16H2,1-3H3. The lowest BCUT2D eigenvalue weighted by molar-refractivity contribution is 0.418. The zero-order chi connectivity index (χ0) is 14.3. The number of halogens is 1. The molecule has 1 aromatic rings. The molecule has 1 aromatic heterocycles. The van der Waals surface area contributed by atoms with Crippen molar-refractivity contribution in [2.75, 3.05) is 0 Å². The van der Waals surface area contributed by atoms with Crippen LogP contribution in [-0.2, 0) is 0 Å². The van der Waals surface area contributed by atoms with Crippen LogP contribution >= 0.6 is 15.9 Å². The van der Waals surface area contributed by atoms with Crippen molar-refractivity contribution < 1.29 is 0 Å². The molecule has 110 valence electrons. The molecule has 0 saturated heterocycles. The summed E-state index contributed by atoms with van der Waals surface area (Å²) >= 11 is 3.58. The minimum absolute atomic E-state index is 0.168. The number of nitrogens with zero attached hydrogens (tertiary/aromatic N) is 2. The second-order valence-corrected chi connectivity index (χ2v) is 6.19. The van der Waals surface area contributed by atoms with E-state index in [0.29, 0.717) is 6.04 Å². The maximum absolute atomic E-state index is 5.73. The minimum atomic E-state index is 0.168. The van der Waals surface area contributed by atoms with E-state index in [9.17, 15) is 0 Å². The molecule has 0 amide bonds. The number of hydrogen-bond acceptors (Lipinski definition) is 3. The first-order valence-corrected chi connectivity index (χ1v) is 8.10. The normalized spacial score (nSPS) is 13.2. The molecule has 0 fully saturated rings. The zero-order valence-corrected chi connectivity index (χ0v) is 13.9. The lowest BCUT2D eigenvalue weighted by atomic mass is 10.0. The molecule has 0 saturated carbocycles. The molecule has 0 radical (unpaired) electrons. The second kappa shape index (κ2) is 8.72. The van der Waals surface area contributed by atoms with Gasteiger partial charge >= 0.3 is 0 Å². The molecule has 19 heavy (non-hydrogen) atoms. The van der Waals surface area contributed by atoms with E-state index in [-0.39, 0.29) is 6.04 Å². The van der Waals surface area contributed by atoms with Crippen LogP contribution < -0.4 is 11.3 Å². The van der Waals surface area contributed by atoms with Gasteiger partial charge in [0, 0.05) is 6.04 Å². The Hall–Kier alpha value is -0.390. The predicted molar refractivity (Wildman–Crippen MR) is 83.8 cm³/mol. The van der Waals surface area contributed by atoms with Crippen molar-refractivity contribution in [3.63, 3.8) is 0 Å². The number of hydrogen-bond donors (Lipinski definition) is 2. The Morgan fingerprint density at radius 1 is 1.32 bits per heavy atom. The average molecular weight is 331 g/mol. The molecule has 0 aromatic carbocycles. The molecule has 0 spiro atoms. The highest BCUT2D eigenvalue weighted by molar-refractivity contribution is 9.10. The van der Waals surface area contributed by atoms with Crippen molar-refractivity contribution in [1.82, 2.24) is 15.2 Å². The van der Waals surface area contributed by atoms with Crippen LogP contribution in [-0.4, -0.2) is 9.78 Å². The fourth-order valence-electron chi connectivity index (χ4n) is 2.34. The third kappa shape index (κ3) is 4.89. The summed E-state index contributed by atoms with van der Waals surface area (Å²) in [5.41, 5.74) is 4.10. The first-order chi connectivity index (χ1) is 9.11. The van der Waals surface area contributed by atoms with Crippen LogP contribution in [0.2, 0.25) is 0 Å². The van der Waals surface area contributed by atoms with Crippen LogP contribution in [0.5, 0.6) is 0 Å². The number of rotatable bonds is 9. The Balaban J connectivity index is 2.61. The van der Waals surface area contributed by atoms with E-state index in [1.54, 1.807) is 0 Å². The highest BCUT2D eigenvalue weighted by Gasteiger charge is 2.20. The predicted octanol–water partition coefficient (Wildman–Crippen LogP) is 4.09. The van der Waals surface area contributed by atoms with Gasteiger partial charge in [0.1, 0.15) is 0 Å². The molecule has 4 nitrogen and oxygen atoms in total.